The summed E-state index contributed by atoms with van der Waals surface area (Å²) < 4.78 is 6.03. The van der Waals surface area contributed by atoms with Crippen molar-refractivity contribution in [3.63, 3.8) is 0 Å². The number of hydrogen-bond donors (Lipinski definition) is 1. The molecule has 2 heteroatoms. The molecule has 4 atom stereocenters. The smallest absolute Gasteiger partial charge is 0.0901 e. The quantitative estimate of drug-likeness (QED) is 0.647. The highest BCUT2D eigenvalue weighted by molar-refractivity contribution is 5.19. The van der Waals surface area contributed by atoms with E-state index in [-0.39, 0.29) is 11.7 Å². The molecular formula is C12H18O2. The predicted octanol–water partition coefficient (Wildman–Crippen LogP) is 2.03. The highest BCUT2D eigenvalue weighted by atomic mass is 16.5. The van der Waals surface area contributed by atoms with E-state index in [1.165, 1.54) is 19.3 Å². The molecule has 1 saturated carbocycles. The molecule has 3 aliphatic rings. The maximum atomic E-state index is 9.68. The molecule has 0 aromatic heterocycles. The molecular weight excluding hydrogens is 176 g/mol. The predicted molar refractivity (Wildman–Crippen MR) is 53.9 cm³/mol. The molecule has 2 bridgehead atoms. The van der Waals surface area contributed by atoms with Crippen LogP contribution in [0.1, 0.15) is 38.5 Å². The summed E-state index contributed by atoms with van der Waals surface area (Å²) in [6, 6.07) is 0. The van der Waals surface area contributed by atoms with E-state index in [9.17, 15) is 5.11 Å². The van der Waals surface area contributed by atoms with Crippen molar-refractivity contribution in [1.29, 1.82) is 0 Å². The Hall–Kier alpha value is -0.340. The van der Waals surface area contributed by atoms with Crippen molar-refractivity contribution >= 4 is 0 Å². The summed E-state index contributed by atoms with van der Waals surface area (Å²) in [6.07, 6.45) is 11.5. The third-order valence-corrected chi connectivity index (χ3v) is 4.12. The third kappa shape index (κ3) is 1.24. The average Bonchev–Trinajstić information content (AvgIpc) is 2.78. The van der Waals surface area contributed by atoms with Gasteiger partial charge >= 0.3 is 0 Å². The summed E-state index contributed by atoms with van der Waals surface area (Å²) in [5.41, 5.74) is 0.0199. The van der Waals surface area contributed by atoms with E-state index in [1.54, 1.807) is 0 Å². The van der Waals surface area contributed by atoms with E-state index < -0.39 is 0 Å². The van der Waals surface area contributed by atoms with Gasteiger partial charge in [0.1, 0.15) is 0 Å². The molecule has 0 aromatic rings. The van der Waals surface area contributed by atoms with Crippen LogP contribution in [-0.2, 0) is 4.74 Å². The normalized spacial score (nSPS) is 51.4. The number of rotatable bonds is 1. The molecule has 0 amide bonds. The molecule has 3 rings (SSSR count). The van der Waals surface area contributed by atoms with Crippen LogP contribution in [0.2, 0.25) is 0 Å². The number of aliphatic hydroxyl groups excluding tert-OH is 1. The van der Waals surface area contributed by atoms with Gasteiger partial charge in [-0.25, -0.2) is 0 Å². The van der Waals surface area contributed by atoms with Crippen molar-refractivity contribution in [3.05, 3.63) is 12.2 Å². The minimum atomic E-state index is -0.0835. The Morgan fingerprint density at radius 2 is 2.21 bits per heavy atom. The third-order valence-electron chi connectivity index (χ3n) is 4.12. The Labute approximate surface area is 85.0 Å². The standard InChI is InChI=1S/C12H18O2/c13-10-3-1-2-9(8-10)12-6-4-11(14-12)5-7-12/h4,6,9-11,13H,1-3,5,7-8H2. The zero-order valence-electron chi connectivity index (χ0n) is 8.48. The molecule has 4 unspecified atom stereocenters. The van der Waals surface area contributed by atoms with Gasteiger partial charge in [0.2, 0.25) is 0 Å². The van der Waals surface area contributed by atoms with Gasteiger partial charge in [-0.05, 0) is 38.0 Å². The fraction of sp³-hybridized carbons (Fsp3) is 0.833. The highest BCUT2D eigenvalue weighted by Gasteiger charge is 2.48. The lowest BCUT2D eigenvalue weighted by Gasteiger charge is -2.37. The molecule has 0 radical (unpaired) electrons. The van der Waals surface area contributed by atoms with E-state index in [0.29, 0.717) is 12.0 Å². The topological polar surface area (TPSA) is 29.5 Å². The van der Waals surface area contributed by atoms with E-state index in [4.69, 9.17) is 4.74 Å². The lowest BCUT2D eigenvalue weighted by atomic mass is 9.73. The Bertz CT molecular complexity index is 261. The van der Waals surface area contributed by atoms with Crippen molar-refractivity contribution < 1.29 is 9.84 Å². The maximum Gasteiger partial charge on any atom is 0.0901 e. The second-order valence-corrected chi connectivity index (χ2v) is 5.03. The summed E-state index contributed by atoms with van der Waals surface area (Å²) in [4.78, 5) is 0. The van der Waals surface area contributed by atoms with Gasteiger partial charge in [-0.3, -0.25) is 0 Å². The van der Waals surface area contributed by atoms with Gasteiger partial charge in [-0.1, -0.05) is 18.6 Å². The first-order valence-corrected chi connectivity index (χ1v) is 5.84. The summed E-state index contributed by atoms with van der Waals surface area (Å²) in [7, 11) is 0. The molecule has 2 nitrogen and oxygen atoms in total. The zero-order chi connectivity index (χ0) is 9.60. The molecule has 0 spiro atoms. The van der Waals surface area contributed by atoms with Crippen LogP contribution in [0.15, 0.2) is 12.2 Å². The lowest BCUT2D eigenvalue weighted by Crippen LogP contribution is -2.38. The van der Waals surface area contributed by atoms with Crippen LogP contribution in [0.3, 0.4) is 0 Å². The van der Waals surface area contributed by atoms with E-state index >= 15 is 0 Å². The maximum absolute atomic E-state index is 9.68. The first-order chi connectivity index (χ1) is 6.78. The van der Waals surface area contributed by atoms with Crippen LogP contribution >= 0.6 is 0 Å². The second kappa shape index (κ2) is 3.07. The Kier molecular flexibility index (Phi) is 1.96. The molecule has 1 aliphatic carbocycles. The molecule has 2 heterocycles. The SMILES string of the molecule is OC1CCCC(C23C=CC(CC2)O3)C1. The van der Waals surface area contributed by atoms with Crippen molar-refractivity contribution in [3.8, 4) is 0 Å². The lowest BCUT2D eigenvalue weighted by molar-refractivity contribution is -0.0442. The van der Waals surface area contributed by atoms with Gasteiger partial charge in [-0.2, -0.15) is 0 Å². The zero-order valence-corrected chi connectivity index (χ0v) is 8.48. The first-order valence-electron chi connectivity index (χ1n) is 5.84. The largest absolute Gasteiger partial charge is 0.393 e. The molecule has 2 aliphatic heterocycles. The molecule has 2 fully saturated rings. The van der Waals surface area contributed by atoms with Gasteiger partial charge in [0.25, 0.3) is 0 Å². The Balaban J connectivity index is 1.78. The van der Waals surface area contributed by atoms with Gasteiger partial charge < -0.3 is 9.84 Å². The van der Waals surface area contributed by atoms with Gasteiger partial charge in [0, 0.05) is 0 Å². The van der Waals surface area contributed by atoms with Crippen LogP contribution < -0.4 is 0 Å². The average molecular weight is 194 g/mol. The molecule has 1 saturated heterocycles. The van der Waals surface area contributed by atoms with E-state index in [0.717, 1.165) is 19.3 Å². The molecule has 0 aromatic carbocycles. The number of ether oxygens (including phenoxy) is 1. The van der Waals surface area contributed by atoms with Crippen molar-refractivity contribution in [2.75, 3.05) is 0 Å². The molecule has 14 heavy (non-hydrogen) atoms. The summed E-state index contributed by atoms with van der Waals surface area (Å²) >= 11 is 0. The summed E-state index contributed by atoms with van der Waals surface area (Å²) in [5.74, 6) is 0.565. The van der Waals surface area contributed by atoms with Crippen LogP contribution in [0, 0.1) is 5.92 Å². The number of aliphatic hydroxyl groups is 1. The van der Waals surface area contributed by atoms with Gasteiger partial charge in [0.05, 0.1) is 17.8 Å². The Morgan fingerprint density at radius 1 is 1.29 bits per heavy atom. The number of hydrogen-bond acceptors (Lipinski definition) is 2. The van der Waals surface area contributed by atoms with Gasteiger partial charge in [-0.15, -0.1) is 0 Å². The van der Waals surface area contributed by atoms with Crippen molar-refractivity contribution in [2.45, 2.75) is 56.3 Å². The molecule has 78 valence electrons. The fourth-order valence-electron chi connectivity index (χ4n) is 3.34. The monoisotopic (exact) mass is 194 g/mol. The van der Waals surface area contributed by atoms with Crippen LogP contribution in [0.25, 0.3) is 0 Å². The van der Waals surface area contributed by atoms with Crippen LogP contribution in [-0.4, -0.2) is 22.9 Å². The Morgan fingerprint density at radius 3 is 2.79 bits per heavy atom. The minimum Gasteiger partial charge on any atom is -0.393 e. The summed E-state index contributed by atoms with van der Waals surface area (Å²) in [5, 5.41) is 9.68. The van der Waals surface area contributed by atoms with Gasteiger partial charge in [0.15, 0.2) is 0 Å². The van der Waals surface area contributed by atoms with E-state index in [1.807, 2.05) is 0 Å². The fourth-order valence-corrected chi connectivity index (χ4v) is 3.34. The van der Waals surface area contributed by atoms with Crippen molar-refractivity contribution in [1.82, 2.24) is 0 Å². The van der Waals surface area contributed by atoms with E-state index in [2.05, 4.69) is 12.2 Å². The summed E-state index contributed by atoms with van der Waals surface area (Å²) in [6.45, 7) is 0. The first kappa shape index (κ1) is 8.93. The highest BCUT2D eigenvalue weighted by Crippen LogP contribution is 2.47. The van der Waals surface area contributed by atoms with Crippen LogP contribution in [0.4, 0.5) is 0 Å². The van der Waals surface area contributed by atoms with Crippen molar-refractivity contribution in [2.24, 2.45) is 5.92 Å². The molecule has 1 N–H and O–H groups in total. The minimum absolute atomic E-state index is 0.0199. The van der Waals surface area contributed by atoms with Crippen LogP contribution in [0.5, 0.6) is 0 Å². The number of fused-ring (bicyclic) bond motifs is 2. The second-order valence-electron chi connectivity index (χ2n) is 5.03.